The second-order valence-electron chi connectivity index (χ2n) is 1.55. The fourth-order valence-corrected chi connectivity index (χ4v) is 0.379. The van der Waals surface area contributed by atoms with Gasteiger partial charge in [-0.25, -0.2) is 4.79 Å². The summed E-state index contributed by atoms with van der Waals surface area (Å²) in [6.07, 6.45) is 3.00. The van der Waals surface area contributed by atoms with Crippen LogP contribution in [0.15, 0.2) is 24.0 Å². The molecule has 0 fully saturated rings. The highest BCUT2D eigenvalue weighted by molar-refractivity contribution is 7.97. The van der Waals surface area contributed by atoms with E-state index in [4.69, 9.17) is 10.2 Å². The van der Waals surface area contributed by atoms with Gasteiger partial charge in [0.1, 0.15) is 0 Å². The molecule has 0 aliphatic heterocycles. The molecule has 0 atom stereocenters. The molecule has 0 aromatic carbocycles. The van der Waals surface area contributed by atoms with Crippen LogP contribution in [0.1, 0.15) is 0 Å². The molecule has 0 saturated heterocycles. The van der Waals surface area contributed by atoms with Crippen LogP contribution in [0.5, 0.6) is 0 Å². The number of aliphatic hydroxyl groups excluding tert-OH is 1. The van der Waals surface area contributed by atoms with Gasteiger partial charge in [-0.1, -0.05) is 6.08 Å². The van der Waals surface area contributed by atoms with Gasteiger partial charge in [-0.2, -0.15) is 0 Å². The maximum Gasteiger partial charge on any atom is 0.370 e. The zero-order chi connectivity index (χ0) is 8.85. The molecule has 4 nitrogen and oxygen atoms in total. The summed E-state index contributed by atoms with van der Waals surface area (Å²) >= 11 is 3.37. The Bertz CT molecular complexity index is 229. The molecule has 2 N–H and O–H groups in total. The first kappa shape index (κ1) is 9.77. The van der Waals surface area contributed by atoms with E-state index in [-0.39, 0.29) is 0 Å². The number of carbonyl (C=O) groups excluding carboxylic acids is 1. The van der Waals surface area contributed by atoms with Gasteiger partial charge >= 0.3 is 5.97 Å². The van der Waals surface area contributed by atoms with E-state index in [1.54, 1.807) is 0 Å². The number of rotatable bonds is 3. The number of aliphatic carboxylic acids is 1. The van der Waals surface area contributed by atoms with E-state index in [2.05, 4.69) is 12.6 Å². The molecule has 0 bridgehead atoms. The normalized spacial score (nSPS) is 11.9. The molecule has 0 aliphatic rings. The van der Waals surface area contributed by atoms with Crippen LogP contribution < -0.4 is 0 Å². The summed E-state index contributed by atoms with van der Waals surface area (Å²) in [7, 11) is 0. The molecule has 0 spiro atoms. The van der Waals surface area contributed by atoms with Gasteiger partial charge in [-0.3, -0.25) is 4.79 Å². The smallest absolute Gasteiger partial charge is 0.370 e. The maximum absolute atomic E-state index is 10.1. The predicted octanol–water partition coefficient (Wildman–Crippen LogP) is 0.525. The van der Waals surface area contributed by atoms with Gasteiger partial charge in [-0.05, 0) is 12.2 Å². The molecule has 0 aromatic heterocycles. The summed E-state index contributed by atoms with van der Waals surface area (Å²) in [5, 5.41) is 16.1. The number of hydrogen-bond acceptors (Lipinski definition) is 3. The van der Waals surface area contributed by atoms with Crippen LogP contribution in [0.2, 0.25) is 0 Å². The quantitative estimate of drug-likeness (QED) is 0.252. The molecule has 0 rings (SSSR count). The lowest BCUT2D eigenvalue weighted by molar-refractivity contribution is -0.135. The maximum atomic E-state index is 10.1. The average Bonchev–Trinajstić information content (AvgIpc) is 1.86. The molecule has 0 radical (unpaired) electrons. The summed E-state index contributed by atoms with van der Waals surface area (Å²) < 4.78 is 0. The number of hydrogen-bond donors (Lipinski definition) is 3. The highest BCUT2D eigenvalue weighted by Crippen LogP contribution is 1.89. The Morgan fingerprint density at radius 2 is 1.82 bits per heavy atom. The van der Waals surface area contributed by atoms with Crippen LogP contribution in [0, 0.1) is 0 Å². The van der Waals surface area contributed by atoms with Crippen molar-refractivity contribution in [3.8, 4) is 0 Å². The van der Waals surface area contributed by atoms with Crippen molar-refractivity contribution >= 4 is 23.7 Å². The Balaban J connectivity index is 4.13. The molecule has 0 aliphatic carbocycles. The number of aliphatic hydroxyl groups is 1. The third-order valence-electron chi connectivity index (χ3n) is 0.712. The molecule has 60 valence electrons. The van der Waals surface area contributed by atoms with Crippen molar-refractivity contribution in [1.29, 1.82) is 0 Å². The van der Waals surface area contributed by atoms with Crippen molar-refractivity contribution in [2.45, 2.75) is 0 Å². The molecule has 11 heavy (non-hydrogen) atoms. The molecule has 0 unspecified atom stereocenters. The summed E-state index contributed by atoms with van der Waals surface area (Å²) in [5.41, 5.74) is 0. The lowest BCUT2D eigenvalue weighted by Gasteiger charge is -1.85. The van der Waals surface area contributed by atoms with Crippen LogP contribution in [0.25, 0.3) is 0 Å². The van der Waals surface area contributed by atoms with E-state index in [0.29, 0.717) is 0 Å². The lowest BCUT2D eigenvalue weighted by atomic mass is 10.4. The van der Waals surface area contributed by atoms with E-state index in [1.165, 1.54) is 0 Å². The molecular weight excluding hydrogens is 168 g/mol. The van der Waals surface area contributed by atoms with Crippen LogP contribution in [-0.4, -0.2) is 21.3 Å². The SMILES string of the molecule is O=C(S)/C=C/C=C(\O)C(=O)O. The van der Waals surface area contributed by atoms with E-state index in [1.807, 2.05) is 0 Å². The largest absolute Gasteiger partial charge is 0.502 e. The minimum absolute atomic E-state index is 0.514. The van der Waals surface area contributed by atoms with Crippen molar-refractivity contribution in [2.24, 2.45) is 0 Å². The standard InChI is InChI=1S/C6H6O4S/c7-4(6(9)10)2-1-3-5(8)11/h1-3,7H,(H,8,11)(H,9,10)/b3-1+,4-2-. The zero-order valence-electron chi connectivity index (χ0n) is 5.39. The van der Waals surface area contributed by atoms with Crippen LogP contribution in [0.3, 0.4) is 0 Å². The predicted molar refractivity (Wildman–Crippen MR) is 41.5 cm³/mol. The van der Waals surface area contributed by atoms with Crippen molar-refractivity contribution in [3.05, 3.63) is 24.0 Å². The first-order valence-electron chi connectivity index (χ1n) is 2.57. The minimum Gasteiger partial charge on any atom is -0.502 e. The van der Waals surface area contributed by atoms with Crippen molar-refractivity contribution in [1.82, 2.24) is 0 Å². The Kier molecular flexibility index (Phi) is 4.05. The summed E-state index contributed by atoms with van der Waals surface area (Å²) in [5.74, 6) is -2.27. The fraction of sp³-hybridized carbons (Fsp3) is 0. The Morgan fingerprint density at radius 1 is 1.27 bits per heavy atom. The number of carboxylic acids is 1. The van der Waals surface area contributed by atoms with Gasteiger partial charge in [0.05, 0.1) is 0 Å². The Hall–Kier alpha value is -1.23. The van der Waals surface area contributed by atoms with Gasteiger partial charge in [0.2, 0.25) is 10.9 Å². The van der Waals surface area contributed by atoms with Crippen molar-refractivity contribution in [2.75, 3.05) is 0 Å². The fourth-order valence-electron chi connectivity index (χ4n) is 0.293. The van der Waals surface area contributed by atoms with E-state index < -0.39 is 16.8 Å². The topological polar surface area (TPSA) is 74.6 Å². The van der Waals surface area contributed by atoms with Crippen molar-refractivity contribution in [3.63, 3.8) is 0 Å². The minimum atomic E-state index is -1.44. The average molecular weight is 174 g/mol. The first-order chi connectivity index (χ1) is 5.04. The third-order valence-corrected chi connectivity index (χ3v) is 0.861. The van der Waals surface area contributed by atoms with Gasteiger partial charge in [-0.15, -0.1) is 12.6 Å². The van der Waals surface area contributed by atoms with E-state index in [0.717, 1.165) is 18.2 Å². The van der Waals surface area contributed by atoms with Crippen molar-refractivity contribution < 1.29 is 19.8 Å². The number of carbonyl (C=O) groups is 2. The van der Waals surface area contributed by atoms with E-state index in [9.17, 15) is 9.59 Å². The van der Waals surface area contributed by atoms with Crippen LogP contribution in [0.4, 0.5) is 0 Å². The third kappa shape index (κ3) is 5.23. The molecular formula is C6H6O4S. The summed E-state index contributed by atoms with van der Waals surface area (Å²) in [6.45, 7) is 0. The van der Waals surface area contributed by atoms with Gasteiger partial charge in [0.25, 0.3) is 0 Å². The summed E-state index contributed by atoms with van der Waals surface area (Å²) in [4.78, 5) is 20.0. The molecule has 0 amide bonds. The van der Waals surface area contributed by atoms with E-state index >= 15 is 0 Å². The van der Waals surface area contributed by atoms with Gasteiger partial charge < -0.3 is 10.2 Å². The van der Waals surface area contributed by atoms with Crippen LogP contribution >= 0.6 is 12.6 Å². The molecule has 0 saturated carbocycles. The molecule has 0 aromatic rings. The second-order valence-corrected chi connectivity index (χ2v) is 2.00. The Morgan fingerprint density at radius 3 is 2.18 bits per heavy atom. The highest BCUT2D eigenvalue weighted by atomic mass is 32.1. The number of thiol groups is 1. The number of carboxylic acid groups (broad SMARTS) is 1. The summed E-state index contributed by atoms with van der Waals surface area (Å²) in [6, 6.07) is 0. The highest BCUT2D eigenvalue weighted by Gasteiger charge is 1.99. The lowest BCUT2D eigenvalue weighted by Crippen LogP contribution is -1.97. The number of allylic oxidation sites excluding steroid dienone is 2. The first-order valence-corrected chi connectivity index (χ1v) is 3.02. The van der Waals surface area contributed by atoms with Gasteiger partial charge in [0.15, 0.2) is 0 Å². The Labute approximate surface area is 68.3 Å². The second kappa shape index (κ2) is 4.56. The van der Waals surface area contributed by atoms with Crippen LogP contribution in [-0.2, 0) is 9.59 Å². The molecule has 5 heteroatoms. The molecule has 0 heterocycles. The van der Waals surface area contributed by atoms with Gasteiger partial charge in [0, 0.05) is 0 Å². The zero-order valence-corrected chi connectivity index (χ0v) is 6.28. The monoisotopic (exact) mass is 174 g/mol.